The van der Waals surface area contributed by atoms with E-state index >= 15 is 0 Å². The summed E-state index contributed by atoms with van der Waals surface area (Å²) in [6, 6.07) is 8.07. The number of nitrogens with zero attached hydrogens (tertiary/aromatic N) is 1. The number of nitrogens with one attached hydrogen (secondary N) is 2. The number of aliphatic imine (C=N–C) groups is 1. The highest BCUT2D eigenvalue weighted by atomic mass is 127. The van der Waals surface area contributed by atoms with Crippen molar-refractivity contribution in [3.63, 3.8) is 0 Å². The lowest BCUT2D eigenvalue weighted by molar-refractivity contribution is 0.0203. The van der Waals surface area contributed by atoms with Crippen LogP contribution in [0.2, 0.25) is 0 Å². The third-order valence-corrected chi connectivity index (χ3v) is 4.72. The van der Waals surface area contributed by atoms with Crippen molar-refractivity contribution in [2.75, 3.05) is 46.1 Å². The summed E-state index contributed by atoms with van der Waals surface area (Å²) in [7, 11) is 0. The van der Waals surface area contributed by atoms with Gasteiger partial charge in [-0.05, 0) is 57.6 Å². The first-order chi connectivity index (χ1) is 13.7. The van der Waals surface area contributed by atoms with Gasteiger partial charge in [0.1, 0.15) is 11.9 Å². The molecule has 1 fully saturated rings. The number of para-hydroxylation sites is 1. The van der Waals surface area contributed by atoms with Gasteiger partial charge in [0.25, 0.3) is 0 Å². The molecule has 0 spiro atoms. The lowest BCUT2D eigenvalue weighted by Gasteiger charge is -2.21. The Hall–Kier alpha value is -1.06. The van der Waals surface area contributed by atoms with Gasteiger partial charge < -0.3 is 24.8 Å². The molecule has 1 aliphatic rings. The van der Waals surface area contributed by atoms with Crippen LogP contribution in [0.1, 0.15) is 38.7 Å². The molecule has 2 rings (SSSR count). The second-order valence-electron chi connectivity index (χ2n) is 7.32. The molecule has 0 saturated carbocycles. The standard InChI is InChI=1S/C22H37N3O3.HI/c1-4-23-22(24-12-7-13-27-17-20-10-14-26-15-11-20)25-16-19(3)28-21-9-6-5-8-18(21)2;/h5-6,8-9,19-20H,4,7,10-17H2,1-3H3,(H2,23,24,25);1H. The van der Waals surface area contributed by atoms with Crippen LogP contribution in [0.5, 0.6) is 5.75 Å². The van der Waals surface area contributed by atoms with Crippen LogP contribution in [0.3, 0.4) is 0 Å². The Morgan fingerprint density at radius 2 is 2.00 bits per heavy atom. The summed E-state index contributed by atoms with van der Waals surface area (Å²) in [5.74, 6) is 2.41. The van der Waals surface area contributed by atoms with Gasteiger partial charge in [-0.15, -0.1) is 24.0 Å². The van der Waals surface area contributed by atoms with Gasteiger partial charge in [0.2, 0.25) is 0 Å². The van der Waals surface area contributed by atoms with Crippen molar-refractivity contribution in [3.05, 3.63) is 29.8 Å². The molecule has 2 N–H and O–H groups in total. The van der Waals surface area contributed by atoms with E-state index in [0.717, 1.165) is 76.1 Å². The number of aryl methyl sites for hydroxylation is 1. The fourth-order valence-electron chi connectivity index (χ4n) is 3.05. The maximum atomic E-state index is 6.00. The quantitative estimate of drug-likeness (QED) is 0.202. The second kappa shape index (κ2) is 15.7. The van der Waals surface area contributed by atoms with Gasteiger partial charge in [-0.1, -0.05) is 18.2 Å². The van der Waals surface area contributed by atoms with Crippen molar-refractivity contribution in [2.24, 2.45) is 10.9 Å². The zero-order valence-electron chi connectivity index (χ0n) is 18.1. The Morgan fingerprint density at radius 3 is 2.72 bits per heavy atom. The van der Waals surface area contributed by atoms with Crippen LogP contribution in [-0.2, 0) is 9.47 Å². The van der Waals surface area contributed by atoms with Crippen LogP contribution in [0, 0.1) is 12.8 Å². The molecule has 0 radical (unpaired) electrons. The Bertz CT molecular complexity index is 580. The molecule has 29 heavy (non-hydrogen) atoms. The minimum atomic E-state index is 0. The first-order valence-corrected chi connectivity index (χ1v) is 10.6. The van der Waals surface area contributed by atoms with E-state index in [1.54, 1.807) is 0 Å². The Labute approximate surface area is 193 Å². The number of halogens is 1. The SMILES string of the molecule is CCNC(=NCC(C)Oc1ccccc1C)NCCCOCC1CCOCC1.I. The first-order valence-electron chi connectivity index (χ1n) is 10.6. The lowest BCUT2D eigenvalue weighted by Crippen LogP contribution is -2.38. The molecule has 1 atom stereocenters. The number of hydrogen-bond donors (Lipinski definition) is 2. The van der Waals surface area contributed by atoms with Crippen LogP contribution < -0.4 is 15.4 Å². The molecule has 1 aliphatic heterocycles. The van der Waals surface area contributed by atoms with Crippen molar-refractivity contribution in [2.45, 2.75) is 46.1 Å². The largest absolute Gasteiger partial charge is 0.489 e. The van der Waals surface area contributed by atoms with Crippen molar-refractivity contribution >= 4 is 29.9 Å². The van der Waals surface area contributed by atoms with Gasteiger partial charge in [-0.2, -0.15) is 0 Å². The molecule has 1 aromatic rings. The molecule has 0 amide bonds. The molecular weight excluding hydrogens is 481 g/mol. The van der Waals surface area contributed by atoms with Crippen molar-refractivity contribution < 1.29 is 14.2 Å². The van der Waals surface area contributed by atoms with E-state index in [1.165, 1.54) is 0 Å². The second-order valence-corrected chi connectivity index (χ2v) is 7.32. The van der Waals surface area contributed by atoms with Crippen LogP contribution in [0.25, 0.3) is 0 Å². The molecule has 166 valence electrons. The van der Waals surface area contributed by atoms with Crippen molar-refractivity contribution in [3.8, 4) is 5.75 Å². The Balaban J connectivity index is 0.00000420. The molecule has 0 aromatic heterocycles. The lowest BCUT2D eigenvalue weighted by atomic mass is 10.0. The van der Waals surface area contributed by atoms with Gasteiger partial charge in [0, 0.05) is 39.5 Å². The average molecular weight is 519 g/mol. The summed E-state index contributed by atoms with van der Waals surface area (Å²) in [6.45, 7) is 11.8. The van der Waals surface area contributed by atoms with E-state index in [4.69, 9.17) is 14.2 Å². The van der Waals surface area contributed by atoms with Crippen LogP contribution in [0.4, 0.5) is 0 Å². The first kappa shape index (κ1) is 26.0. The van der Waals surface area contributed by atoms with Gasteiger partial charge >= 0.3 is 0 Å². The van der Waals surface area contributed by atoms with E-state index in [0.29, 0.717) is 12.5 Å². The monoisotopic (exact) mass is 519 g/mol. The fourth-order valence-corrected chi connectivity index (χ4v) is 3.05. The third-order valence-electron chi connectivity index (χ3n) is 4.72. The molecule has 1 aromatic carbocycles. The van der Waals surface area contributed by atoms with Crippen molar-refractivity contribution in [1.82, 2.24) is 10.6 Å². The van der Waals surface area contributed by atoms with Gasteiger partial charge in [-0.25, -0.2) is 4.99 Å². The topological polar surface area (TPSA) is 64.1 Å². The molecule has 1 saturated heterocycles. The number of guanidine groups is 1. The predicted molar refractivity (Wildman–Crippen MR) is 130 cm³/mol. The highest BCUT2D eigenvalue weighted by molar-refractivity contribution is 14.0. The fraction of sp³-hybridized carbons (Fsp3) is 0.682. The summed E-state index contributed by atoms with van der Waals surface area (Å²) in [4.78, 5) is 4.65. The van der Waals surface area contributed by atoms with E-state index in [1.807, 2.05) is 25.1 Å². The number of benzene rings is 1. The van der Waals surface area contributed by atoms with Gasteiger partial charge in [0.05, 0.1) is 6.54 Å². The smallest absolute Gasteiger partial charge is 0.191 e. The van der Waals surface area contributed by atoms with Gasteiger partial charge in [0.15, 0.2) is 5.96 Å². The normalized spacial score (nSPS) is 16.0. The molecule has 0 bridgehead atoms. The molecule has 1 unspecified atom stereocenters. The van der Waals surface area contributed by atoms with E-state index < -0.39 is 0 Å². The van der Waals surface area contributed by atoms with Crippen LogP contribution in [-0.4, -0.2) is 58.1 Å². The van der Waals surface area contributed by atoms with Crippen molar-refractivity contribution in [1.29, 1.82) is 0 Å². The zero-order valence-corrected chi connectivity index (χ0v) is 20.4. The van der Waals surface area contributed by atoms with Gasteiger partial charge in [-0.3, -0.25) is 0 Å². The summed E-state index contributed by atoms with van der Waals surface area (Å²) < 4.78 is 17.2. The summed E-state index contributed by atoms with van der Waals surface area (Å²) in [5, 5.41) is 6.66. The Morgan fingerprint density at radius 1 is 1.24 bits per heavy atom. The average Bonchev–Trinajstić information content (AvgIpc) is 2.71. The minimum Gasteiger partial charge on any atom is -0.489 e. The van der Waals surface area contributed by atoms with Crippen LogP contribution >= 0.6 is 24.0 Å². The maximum absolute atomic E-state index is 6.00. The highest BCUT2D eigenvalue weighted by Gasteiger charge is 2.13. The number of ether oxygens (including phenoxy) is 3. The highest BCUT2D eigenvalue weighted by Crippen LogP contribution is 2.17. The molecular formula is C22H38IN3O3. The molecule has 7 heteroatoms. The number of rotatable bonds is 11. The van der Waals surface area contributed by atoms with E-state index in [2.05, 4.69) is 35.5 Å². The van der Waals surface area contributed by atoms with E-state index in [9.17, 15) is 0 Å². The number of hydrogen-bond acceptors (Lipinski definition) is 4. The minimum absolute atomic E-state index is 0. The summed E-state index contributed by atoms with van der Waals surface area (Å²) in [5.41, 5.74) is 1.14. The summed E-state index contributed by atoms with van der Waals surface area (Å²) in [6.07, 6.45) is 3.22. The van der Waals surface area contributed by atoms with E-state index in [-0.39, 0.29) is 30.1 Å². The molecule has 0 aliphatic carbocycles. The third kappa shape index (κ3) is 11.1. The predicted octanol–water partition coefficient (Wildman–Crippen LogP) is 3.77. The molecule has 1 heterocycles. The molecule has 6 nitrogen and oxygen atoms in total. The van der Waals surface area contributed by atoms with Crippen LogP contribution in [0.15, 0.2) is 29.3 Å². The Kier molecular flexibility index (Phi) is 14.1. The zero-order chi connectivity index (χ0) is 20.0. The maximum Gasteiger partial charge on any atom is 0.191 e. The summed E-state index contributed by atoms with van der Waals surface area (Å²) >= 11 is 0.